The number of amides is 2. The fourth-order valence-electron chi connectivity index (χ4n) is 1.47. The number of phenols is 1. The van der Waals surface area contributed by atoms with E-state index in [1.807, 2.05) is 13.2 Å². The fraction of sp³-hybridized carbons (Fsp3) is 0.333. The van der Waals surface area contributed by atoms with Crippen LogP contribution in [0.15, 0.2) is 18.2 Å². The first kappa shape index (κ1) is 15.2. The summed E-state index contributed by atoms with van der Waals surface area (Å²) in [5.41, 5.74) is 0.123. The van der Waals surface area contributed by atoms with E-state index in [1.165, 1.54) is 18.2 Å². The second-order valence-corrected chi connectivity index (χ2v) is 4.90. The number of carbonyl (C=O) groups is 2. The lowest BCUT2D eigenvalue weighted by Gasteiger charge is -2.13. The second kappa shape index (κ2) is 6.89. The summed E-state index contributed by atoms with van der Waals surface area (Å²) >= 11 is 1.62. The maximum Gasteiger partial charge on any atom is 0.339 e. The zero-order valence-electron chi connectivity index (χ0n) is 10.6. The molecule has 0 fully saturated rings. The Morgan fingerprint density at radius 3 is 2.63 bits per heavy atom. The van der Waals surface area contributed by atoms with Gasteiger partial charge in [0.2, 0.25) is 0 Å². The fourth-order valence-corrected chi connectivity index (χ4v) is 2.06. The highest BCUT2D eigenvalue weighted by molar-refractivity contribution is 7.98. The van der Waals surface area contributed by atoms with E-state index in [1.54, 1.807) is 11.8 Å². The number of nitrogens with one attached hydrogen (secondary N) is 2. The lowest BCUT2D eigenvalue weighted by molar-refractivity contribution is 0.0694. The van der Waals surface area contributed by atoms with Crippen LogP contribution >= 0.6 is 11.8 Å². The average Bonchev–Trinajstić information content (AvgIpc) is 2.28. The number of urea groups is 1. The first-order valence-corrected chi connectivity index (χ1v) is 6.96. The van der Waals surface area contributed by atoms with Crippen LogP contribution in [0.1, 0.15) is 17.3 Å². The number of rotatable bonds is 5. The Kier molecular flexibility index (Phi) is 5.50. The van der Waals surface area contributed by atoms with Gasteiger partial charge in [-0.1, -0.05) is 0 Å². The standard InChI is InChI=1S/C12H16N2O4S/c1-7(6-19-2)13-12(18)14-8-3-4-9(11(16)17)10(15)5-8/h3-5,7,15H,6H2,1-2H3,(H,16,17)(H2,13,14,18). The smallest absolute Gasteiger partial charge is 0.339 e. The summed E-state index contributed by atoms with van der Waals surface area (Å²) in [4.78, 5) is 22.3. The molecule has 0 aromatic heterocycles. The first-order chi connectivity index (χ1) is 8.93. The summed E-state index contributed by atoms with van der Waals surface area (Å²) in [5.74, 6) is -0.819. The van der Waals surface area contributed by atoms with Crippen LogP contribution in [0.2, 0.25) is 0 Å². The van der Waals surface area contributed by atoms with Gasteiger partial charge in [0.1, 0.15) is 11.3 Å². The lowest BCUT2D eigenvalue weighted by atomic mass is 10.2. The van der Waals surface area contributed by atoms with Gasteiger partial charge in [-0.3, -0.25) is 0 Å². The van der Waals surface area contributed by atoms with E-state index in [2.05, 4.69) is 10.6 Å². The summed E-state index contributed by atoms with van der Waals surface area (Å²) in [6, 6.07) is 3.47. The molecule has 7 heteroatoms. The van der Waals surface area contributed by atoms with Crippen LogP contribution in [-0.4, -0.2) is 40.3 Å². The van der Waals surface area contributed by atoms with Crippen molar-refractivity contribution in [2.45, 2.75) is 13.0 Å². The number of carboxylic acid groups (broad SMARTS) is 1. The van der Waals surface area contributed by atoms with Crippen molar-refractivity contribution in [3.63, 3.8) is 0 Å². The molecule has 0 saturated heterocycles. The molecule has 1 unspecified atom stereocenters. The molecule has 19 heavy (non-hydrogen) atoms. The number of hydrogen-bond acceptors (Lipinski definition) is 4. The van der Waals surface area contributed by atoms with Crippen molar-refractivity contribution in [3.8, 4) is 5.75 Å². The Morgan fingerprint density at radius 1 is 1.42 bits per heavy atom. The molecule has 0 aliphatic rings. The number of hydrogen-bond donors (Lipinski definition) is 4. The van der Waals surface area contributed by atoms with E-state index in [-0.39, 0.29) is 17.4 Å². The molecule has 1 rings (SSSR count). The Bertz CT molecular complexity index is 479. The van der Waals surface area contributed by atoms with E-state index in [0.29, 0.717) is 5.69 Å². The molecule has 0 heterocycles. The zero-order valence-corrected chi connectivity index (χ0v) is 11.5. The molecular formula is C12H16N2O4S. The summed E-state index contributed by atoms with van der Waals surface area (Å²) in [7, 11) is 0. The minimum Gasteiger partial charge on any atom is -0.507 e. The molecule has 0 bridgehead atoms. The zero-order chi connectivity index (χ0) is 14.4. The Morgan fingerprint density at radius 2 is 2.11 bits per heavy atom. The van der Waals surface area contributed by atoms with Crippen molar-refractivity contribution in [3.05, 3.63) is 23.8 Å². The maximum atomic E-state index is 11.6. The summed E-state index contributed by atoms with van der Waals surface area (Å²) in [6.45, 7) is 1.88. The van der Waals surface area contributed by atoms with Crippen LogP contribution < -0.4 is 10.6 Å². The van der Waals surface area contributed by atoms with Crippen molar-refractivity contribution >= 4 is 29.4 Å². The molecule has 104 valence electrons. The predicted octanol–water partition coefficient (Wildman–Crippen LogP) is 1.96. The molecule has 0 radical (unpaired) electrons. The number of carboxylic acids is 1. The summed E-state index contributed by atoms with van der Waals surface area (Å²) < 4.78 is 0. The number of anilines is 1. The summed E-state index contributed by atoms with van der Waals surface area (Å²) in [5, 5.41) is 23.5. The third-order valence-electron chi connectivity index (χ3n) is 2.28. The Labute approximate surface area is 115 Å². The van der Waals surface area contributed by atoms with Crippen LogP contribution in [0.25, 0.3) is 0 Å². The van der Waals surface area contributed by atoms with Gasteiger partial charge in [-0.25, -0.2) is 9.59 Å². The van der Waals surface area contributed by atoms with Crippen molar-refractivity contribution < 1.29 is 19.8 Å². The maximum absolute atomic E-state index is 11.6. The lowest BCUT2D eigenvalue weighted by Crippen LogP contribution is -2.37. The number of aromatic hydroxyl groups is 1. The topological polar surface area (TPSA) is 98.7 Å². The average molecular weight is 284 g/mol. The highest BCUT2D eigenvalue weighted by atomic mass is 32.2. The molecule has 2 amide bonds. The second-order valence-electron chi connectivity index (χ2n) is 3.99. The Hall–Kier alpha value is -1.89. The molecule has 0 aliphatic carbocycles. The molecule has 1 atom stereocenters. The van der Waals surface area contributed by atoms with Gasteiger partial charge in [0.25, 0.3) is 0 Å². The van der Waals surface area contributed by atoms with Gasteiger partial charge in [0.15, 0.2) is 0 Å². The third-order valence-corrected chi connectivity index (χ3v) is 3.11. The van der Waals surface area contributed by atoms with E-state index >= 15 is 0 Å². The predicted molar refractivity (Wildman–Crippen MR) is 75.1 cm³/mol. The number of carbonyl (C=O) groups excluding carboxylic acids is 1. The van der Waals surface area contributed by atoms with E-state index in [4.69, 9.17) is 5.11 Å². The number of aromatic carboxylic acids is 1. The van der Waals surface area contributed by atoms with E-state index < -0.39 is 12.0 Å². The van der Waals surface area contributed by atoms with Crippen molar-refractivity contribution in [1.29, 1.82) is 0 Å². The highest BCUT2D eigenvalue weighted by Crippen LogP contribution is 2.21. The van der Waals surface area contributed by atoms with Gasteiger partial charge in [-0.2, -0.15) is 11.8 Å². The molecule has 0 spiro atoms. The molecule has 6 nitrogen and oxygen atoms in total. The first-order valence-electron chi connectivity index (χ1n) is 5.56. The van der Waals surface area contributed by atoms with Gasteiger partial charge < -0.3 is 20.8 Å². The van der Waals surface area contributed by atoms with E-state index in [0.717, 1.165) is 5.75 Å². The molecule has 0 saturated carbocycles. The van der Waals surface area contributed by atoms with Gasteiger partial charge in [-0.15, -0.1) is 0 Å². The largest absolute Gasteiger partial charge is 0.507 e. The number of benzene rings is 1. The van der Waals surface area contributed by atoms with Crippen molar-refractivity contribution in [1.82, 2.24) is 5.32 Å². The molecule has 4 N–H and O–H groups in total. The van der Waals surface area contributed by atoms with Crippen LogP contribution in [0.3, 0.4) is 0 Å². The van der Waals surface area contributed by atoms with Gasteiger partial charge in [0, 0.05) is 23.5 Å². The van der Waals surface area contributed by atoms with Gasteiger partial charge in [-0.05, 0) is 25.3 Å². The van der Waals surface area contributed by atoms with Gasteiger partial charge >= 0.3 is 12.0 Å². The molecule has 0 aliphatic heterocycles. The molecule has 1 aromatic carbocycles. The minimum absolute atomic E-state index is 0.0156. The van der Waals surface area contributed by atoms with Crippen LogP contribution in [-0.2, 0) is 0 Å². The number of thioether (sulfide) groups is 1. The summed E-state index contributed by atoms with van der Waals surface area (Å²) in [6.07, 6.45) is 1.94. The minimum atomic E-state index is -1.22. The van der Waals surface area contributed by atoms with Gasteiger partial charge in [0.05, 0.1) is 0 Å². The van der Waals surface area contributed by atoms with Crippen LogP contribution in [0.4, 0.5) is 10.5 Å². The normalized spacial score (nSPS) is 11.7. The third kappa shape index (κ3) is 4.70. The van der Waals surface area contributed by atoms with Crippen LogP contribution in [0, 0.1) is 0 Å². The van der Waals surface area contributed by atoms with Crippen molar-refractivity contribution in [2.24, 2.45) is 0 Å². The Balaban J connectivity index is 2.65. The quantitative estimate of drug-likeness (QED) is 0.662. The van der Waals surface area contributed by atoms with Crippen molar-refractivity contribution in [2.75, 3.05) is 17.3 Å². The monoisotopic (exact) mass is 284 g/mol. The van der Waals surface area contributed by atoms with Crippen LogP contribution in [0.5, 0.6) is 5.75 Å². The molecular weight excluding hydrogens is 268 g/mol. The highest BCUT2D eigenvalue weighted by Gasteiger charge is 2.11. The SMILES string of the molecule is CSCC(C)NC(=O)Nc1ccc(C(=O)O)c(O)c1. The molecule has 1 aromatic rings. The van der Waals surface area contributed by atoms with E-state index in [9.17, 15) is 14.7 Å².